The molecule has 24 heavy (non-hydrogen) atoms. The number of amides is 1. The van der Waals surface area contributed by atoms with Gasteiger partial charge >= 0.3 is 5.97 Å². The molecular weight excluding hydrogens is 308 g/mol. The predicted octanol–water partition coefficient (Wildman–Crippen LogP) is 2.27. The Morgan fingerprint density at radius 2 is 1.88 bits per heavy atom. The molecular formula is C17H22N4O3. The third-order valence-electron chi connectivity index (χ3n) is 4.06. The van der Waals surface area contributed by atoms with Crippen LogP contribution in [0.3, 0.4) is 0 Å². The maximum atomic E-state index is 12.4. The van der Waals surface area contributed by atoms with Gasteiger partial charge in [-0.1, -0.05) is 62.2 Å². The van der Waals surface area contributed by atoms with Crippen LogP contribution in [0.2, 0.25) is 0 Å². The van der Waals surface area contributed by atoms with Crippen LogP contribution in [-0.4, -0.2) is 32.0 Å². The zero-order valence-electron chi connectivity index (χ0n) is 13.8. The highest BCUT2D eigenvalue weighted by atomic mass is 16.4. The summed E-state index contributed by atoms with van der Waals surface area (Å²) in [5.41, 5.74) is 0.881. The number of carboxylic acids is 1. The van der Waals surface area contributed by atoms with E-state index in [-0.39, 0.29) is 24.2 Å². The number of benzene rings is 1. The molecule has 0 radical (unpaired) electrons. The highest BCUT2D eigenvalue weighted by Gasteiger charge is 2.22. The van der Waals surface area contributed by atoms with Gasteiger partial charge in [-0.2, -0.15) is 0 Å². The number of rotatable bonds is 8. The highest BCUT2D eigenvalue weighted by molar-refractivity contribution is 5.84. The monoisotopic (exact) mass is 330 g/mol. The summed E-state index contributed by atoms with van der Waals surface area (Å²) < 4.78 is 1.23. The average molecular weight is 330 g/mol. The predicted molar refractivity (Wildman–Crippen MR) is 88.4 cm³/mol. The van der Waals surface area contributed by atoms with Crippen LogP contribution >= 0.6 is 0 Å². The molecule has 7 heteroatoms. The fraction of sp³-hybridized carbons (Fsp3) is 0.412. The third kappa shape index (κ3) is 4.41. The van der Waals surface area contributed by atoms with Gasteiger partial charge in [0.1, 0.15) is 6.54 Å². The third-order valence-corrected chi connectivity index (χ3v) is 4.06. The number of carboxylic acid groups (broad SMARTS) is 1. The van der Waals surface area contributed by atoms with Crippen LogP contribution in [0.1, 0.15) is 48.8 Å². The van der Waals surface area contributed by atoms with E-state index < -0.39 is 5.97 Å². The van der Waals surface area contributed by atoms with E-state index in [0.29, 0.717) is 5.92 Å². The molecule has 0 bridgehead atoms. The van der Waals surface area contributed by atoms with Crippen molar-refractivity contribution in [1.82, 2.24) is 20.3 Å². The molecule has 0 aliphatic carbocycles. The van der Waals surface area contributed by atoms with Crippen LogP contribution < -0.4 is 5.32 Å². The van der Waals surface area contributed by atoms with Gasteiger partial charge in [0.2, 0.25) is 5.91 Å². The lowest BCUT2D eigenvalue weighted by molar-refractivity contribution is -0.123. The maximum Gasteiger partial charge on any atom is 0.358 e. The van der Waals surface area contributed by atoms with Gasteiger partial charge in [0.15, 0.2) is 5.69 Å². The Hall–Kier alpha value is -2.70. The summed E-state index contributed by atoms with van der Waals surface area (Å²) >= 11 is 0. The minimum atomic E-state index is -1.17. The Morgan fingerprint density at radius 1 is 1.21 bits per heavy atom. The molecule has 1 amide bonds. The van der Waals surface area contributed by atoms with Crippen molar-refractivity contribution in [1.29, 1.82) is 0 Å². The van der Waals surface area contributed by atoms with Crippen molar-refractivity contribution in [3.63, 3.8) is 0 Å². The molecule has 0 saturated heterocycles. The summed E-state index contributed by atoms with van der Waals surface area (Å²) in [4.78, 5) is 23.2. The van der Waals surface area contributed by atoms with Crippen LogP contribution in [0.15, 0.2) is 36.5 Å². The van der Waals surface area contributed by atoms with Crippen LogP contribution in [0.25, 0.3) is 0 Å². The first-order chi connectivity index (χ1) is 11.5. The molecule has 1 unspecified atom stereocenters. The molecule has 0 spiro atoms. The van der Waals surface area contributed by atoms with Gasteiger partial charge in [0.05, 0.1) is 12.2 Å². The van der Waals surface area contributed by atoms with E-state index in [1.54, 1.807) is 0 Å². The minimum absolute atomic E-state index is 0.0657. The SMILES string of the molecule is CCC(CC)C(NC(=O)Cn1cc(C(=O)O)nn1)c1ccccc1. The number of carbonyl (C=O) groups excluding carboxylic acids is 1. The van der Waals surface area contributed by atoms with Gasteiger partial charge in [-0.3, -0.25) is 4.79 Å². The Kier molecular flexibility index (Phi) is 6.06. The van der Waals surface area contributed by atoms with Crippen molar-refractivity contribution >= 4 is 11.9 Å². The molecule has 1 aromatic carbocycles. The second-order valence-electron chi connectivity index (χ2n) is 5.64. The largest absolute Gasteiger partial charge is 0.476 e. The summed E-state index contributed by atoms with van der Waals surface area (Å²) in [6.45, 7) is 4.14. The summed E-state index contributed by atoms with van der Waals surface area (Å²) in [5, 5.41) is 19.1. The molecule has 7 nitrogen and oxygen atoms in total. The van der Waals surface area contributed by atoms with E-state index in [9.17, 15) is 9.59 Å². The first kappa shape index (κ1) is 17.7. The van der Waals surface area contributed by atoms with Gasteiger partial charge in [-0.25, -0.2) is 9.48 Å². The van der Waals surface area contributed by atoms with E-state index in [2.05, 4.69) is 29.5 Å². The van der Waals surface area contributed by atoms with Gasteiger partial charge in [-0.05, 0) is 11.5 Å². The fourth-order valence-corrected chi connectivity index (χ4v) is 2.73. The van der Waals surface area contributed by atoms with Crippen LogP contribution in [-0.2, 0) is 11.3 Å². The summed E-state index contributed by atoms with van der Waals surface area (Å²) in [6, 6.07) is 9.76. The smallest absolute Gasteiger partial charge is 0.358 e. The van der Waals surface area contributed by atoms with Crippen molar-refractivity contribution in [2.75, 3.05) is 0 Å². The molecule has 2 N–H and O–H groups in total. The van der Waals surface area contributed by atoms with Crippen LogP contribution in [0.5, 0.6) is 0 Å². The van der Waals surface area contributed by atoms with Gasteiger partial charge in [0.25, 0.3) is 0 Å². The van der Waals surface area contributed by atoms with Crippen molar-refractivity contribution in [2.45, 2.75) is 39.3 Å². The van der Waals surface area contributed by atoms with Crippen molar-refractivity contribution in [2.24, 2.45) is 5.92 Å². The molecule has 1 aromatic heterocycles. The summed E-state index contributed by atoms with van der Waals surface area (Å²) in [6.07, 6.45) is 3.14. The number of hydrogen-bond donors (Lipinski definition) is 2. The number of nitrogens with one attached hydrogen (secondary N) is 1. The number of carbonyl (C=O) groups is 2. The van der Waals surface area contributed by atoms with Crippen molar-refractivity contribution in [3.05, 3.63) is 47.8 Å². The topological polar surface area (TPSA) is 97.1 Å². The average Bonchev–Trinajstić information content (AvgIpc) is 3.04. The Bertz CT molecular complexity index is 680. The Labute approximate surface area is 140 Å². The highest BCUT2D eigenvalue weighted by Crippen LogP contribution is 2.27. The van der Waals surface area contributed by atoms with Crippen molar-refractivity contribution < 1.29 is 14.7 Å². The van der Waals surface area contributed by atoms with Gasteiger partial charge in [0, 0.05) is 0 Å². The molecule has 1 atom stereocenters. The van der Waals surface area contributed by atoms with E-state index in [1.165, 1.54) is 10.9 Å². The maximum absolute atomic E-state index is 12.4. The zero-order valence-corrected chi connectivity index (χ0v) is 13.8. The second-order valence-corrected chi connectivity index (χ2v) is 5.64. The second kappa shape index (κ2) is 8.24. The van der Waals surface area contributed by atoms with Crippen molar-refractivity contribution in [3.8, 4) is 0 Å². The molecule has 0 saturated carbocycles. The van der Waals surface area contributed by atoms with Gasteiger partial charge < -0.3 is 10.4 Å². The fourth-order valence-electron chi connectivity index (χ4n) is 2.73. The summed E-state index contributed by atoms with van der Waals surface area (Å²) in [7, 11) is 0. The van der Waals surface area contributed by atoms with Crippen LogP contribution in [0.4, 0.5) is 0 Å². The van der Waals surface area contributed by atoms with E-state index in [4.69, 9.17) is 5.11 Å². The van der Waals surface area contributed by atoms with E-state index in [0.717, 1.165) is 18.4 Å². The molecule has 2 aromatic rings. The number of nitrogens with zero attached hydrogens (tertiary/aromatic N) is 3. The molecule has 128 valence electrons. The molecule has 2 rings (SSSR count). The standard InChI is InChI=1S/C17H22N4O3/c1-3-12(4-2)16(13-8-6-5-7-9-13)18-15(22)11-21-10-14(17(23)24)19-20-21/h5-10,12,16H,3-4,11H2,1-2H3,(H,18,22)(H,23,24). The molecule has 0 fully saturated rings. The lowest BCUT2D eigenvalue weighted by atomic mass is 9.89. The van der Waals surface area contributed by atoms with Gasteiger partial charge in [-0.15, -0.1) is 5.10 Å². The lowest BCUT2D eigenvalue weighted by Gasteiger charge is -2.27. The Morgan fingerprint density at radius 3 is 2.42 bits per heavy atom. The minimum Gasteiger partial charge on any atom is -0.476 e. The van der Waals surface area contributed by atoms with E-state index in [1.807, 2.05) is 30.3 Å². The number of aromatic nitrogens is 3. The molecule has 0 aliphatic rings. The lowest BCUT2D eigenvalue weighted by Crippen LogP contribution is -2.35. The number of hydrogen-bond acceptors (Lipinski definition) is 4. The molecule has 0 aliphatic heterocycles. The normalized spacial score (nSPS) is 12.1. The van der Waals surface area contributed by atoms with E-state index >= 15 is 0 Å². The Balaban J connectivity index is 2.10. The zero-order chi connectivity index (χ0) is 17.5. The molecule has 1 heterocycles. The number of aromatic carboxylic acids is 1. The van der Waals surface area contributed by atoms with Crippen LogP contribution in [0, 0.1) is 5.92 Å². The first-order valence-electron chi connectivity index (χ1n) is 8.02. The quantitative estimate of drug-likeness (QED) is 0.774. The summed E-state index contributed by atoms with van der Waals surface area (Å²) in [5.74, 6) is -1.07. The first-order valence-corrected chi connectivity index (χ1v) is 8.02.